The number of carbonyl (C=O) groups excluding carboxylic acids is 1. The minimum Gasteiger partial charge on any atom is -0.340 e. The largest absolute Gasteiger partial charge is 0.340 e. The molecule has 6 nitrogen and oxygen atoms in total. The fraction of sp³-hybridized carbons (Fsp3) is 0.950. The molecule has 146 valence electrons. The average molecular weight is 362 g/mol. The first-order valence-electron chi connectivity index (χ1n) is 10.8. The Labute approximate surface area is 157 Å². The van der Waals surface area contributed by atoms with Gasteiger partial charge in [-0.2, -0.15) is 0 Å². The first-order valence-corrected chi connectivity index (χ1v) is 10.8. The quantitative estimate of drug-likeness (QED) is 0.574. The second-order valence-corrected chi connectivity index (χ2v) is 8.54. The van der Waals surface area contributed by atoms with E-state index < -0.39 is 5.66 Å². The molecule has 2 saturated carbocycles. The number of carbonyl (C=O) groups is 1. The van der Waals surface area contributed by atoms with Crippen LogP contribution in [0.25, 0.3) is 0 Å². The Morgan fingerprint density at radius 2 is 1.65 bits per heavy atom. The van der Waals surface area contributed by atoms with Crippen molar-refractivity contribution in [2.45, 2.75) is 103 Å². The summed E-state index contributed by atoms with van der Waals surface area (Å²) < 4.78 is 0. The van der Waals surface area contributed by atoms with E-state index in [0.29, 0.717) is 24.3 Å². The van der Waals surface area contributed by atoms with Crippen LogP contribution in [0.3, 0.4) is 0 Å². The third-order valence-electron chi connectivity index (χ3n) is 6.76. The van der Waals surface area contributed by atoms with Gasteiger partial charge in [0.1, 0.15) is 0 Å². The molecule has 1 amide bonds. The van der Waals surface area contributed by atoms with Crippen molar-refractivity contribution in [1.82, 2.24) is 4.90 Å². The lowest BCUT2D eigenvalue weighted by molar-refractivity contribution is -0.134. The number of hydrogen-bond acceptors (Lipinski definition) is 5. The van der Waals surface area contributed by atoms with Gasteiger partial charge < -0.3 is 4.90 Å². The van der Waals surface area contributed by atoms with Crippen molar-refractivity contribution in [3.05, 3.63) is 0 Å². The van der Waals surface area contributed by atoms with E-state index in [0.717, 1.165) is 51.0 Å². The van der Waals surface area contributed by atoms with Crippen LogP contribution >= 0.6 is 0 Å². The molecule has 0 bridgehead atoms. The van der Waals surface area contributed by atoms with Gasteiger partial charge in [0.15, 0.2) is 5.66 Å². The van der Waals surface area contributed by atoms with Gasteiger partial charge in [-0.3, -0.25) is 4.79 Å². The van der Waals surface area contributed by atoms with E-state index in [1.54, 1.807) is 0 Å². The van der Waals surface area contributed by atoms with Crippen LogP contribution < -0.4 is 0 Å². The smallest absolute Gasteiger partial charge is 0.222 e. The summed E-state index contributed by atoms with van der Waals surface area (Å²) in [7, 11) is 0. The maximum absolute atomic E-state index is 12.8. The molecule has 6 heteroatoms. The van der Waals surface area contributed by atoms with E-state index in [4.69, 9.17) is 0 Å². The summed E-state index contributed by atoms with van der Waals surface area (Å²) in [6.07, 6.45) is 13.2. The third kappa shape index (κ3) is 4.49. The molecule has 0 aromatic carbocycles. The van der Waals surface area contributed by atoms with Gasteiger partial charge in [0, 0.05) is 24.9 Å². The summed E-state index contributed by atoms with van der Waals surface area (Å²) in [5, 5.41) is 16.5. The molecule has 26 heavy (non-hydrogen) atoms. The van der Waals surface area contributed by atoms with Crippen LogP contribution in [0.1, 0.15) is 90.9 Å². The van der Waals surface area contributed by atoms with Crippen LogP contribution in [-0.4, -0.2) is 29.1 Å². The Bertz CT molecular complexity index is 506. The molecule has 0 aromatic rings. The maximum atomic E-state index is 12.8. The fourth-order valence-corrected chi connectivity index (χ4v) is 5.08. The highest BCUT2D eigenvalue weighted by atomic mass is 16.2. The fourth-order valence-electron chi connectivity index (χ4n) is 5.08. The first kappa shape index (κ1) is 19.4. The minimum atomic E-state index is -0.474. The van der Waals surface area contributed by atoms with Crippen molar-refractivity contribution in [2.24, 2.45) is 32.5 Å². The molecule has 1 heterocycles. The highest BCUT2D eigenvalue weighted by Gasteiger charge is 2.42. The second kappa shape index (κ2) is 9.05. The SMILES string of the molecule is CCN(C(=O)CCCC1(C2CCCCC2)N=NN=N1)C1CCC(C)CC1. The minimum absolute atomic E-state index is 0.303. The van der Waals surface area contributed by atoms with E-state index in [1.807, 2.05) is 0 Å². The van der Waals surface area contributed by atoms with Gasteiger partial charge >= 0.3 is 0 Å². The molecule has 3 rings (SSSR count). The number of hydrogen-bond donors (Lipinski definition) is 0. The standard InChI is InChI=1S/C20H35N5O/c1-3-25(18-13-11-16(2)12-14-18)19(26)10-7-15-20(21-23-24-22-20)17-8-5-4-6-9-17/h16-18H,3-15H2,1-2H3. The van der Waals surface area contributed by atoms with E-state index >= 15 is 0 Å². The maximum Gasteiger partial charge on any atom is 0.222 e. The highest BCUT2D eigenvalue weighted by molar-refractivity contribution is 5.76. The molecule has 2 aliphatic carbocycles. The number of rotatable bonds is 7. The summed E-state index contributed by atoms with van der Waals surface area (Å²) in [6, 6.07) is 0.446. The highest BCUT2D eigenvalue weighted by Crippen LogP contribution is 2.42. The van der Waals surface area contributed by atoms with E-state index in [1.165, 1.54) is 32.1 Å². The molecule has 0 unspecified atom stereocenters. The Morgan fingerprint density at radius 1 is 1.00 bits per heavy atom. The lowest BCUT2D eigenvalue weighted by Crippen LogP contribution is -2.42. The lowest BCUT2D eigenvalue weighted by atomic mass is 9.78. The van der Waals surface area contributed by atoms with Crippen LogP contribution in [0.5, 0.6) is 0 Å². The predicted octanol–water partition coefficient (Wildman–Crippen LogP) is 5.69. The molecule has 1 aliphatic heterocycles. The molecule has 0 radical (unpaired) electrons. The van der Waals surface area contributed by atoms with Gasteiger partial charge in [-0.1, -0.05) is 26.2 Å². The number of amides is 1. The van der Waals surface area contributed by atoms with E-state index in [-0.39, 0.29) is 0 Å². The molecular weight excluding hydrogens is 326 g/mol. The summed E-state index contributed by atoms with van der Waals surface area (Å²) in [5.41, 5.74) is -0.474. The van der Waals surface area contributed by atoms with Crippen LogP contribution in [0.4, 0.5) is 0 Å². The Hall–Kier alpha value is -1.33. The van der Waals surface area contributed by atoms with Gasteiger partial charge in [0.2, 0.25) is 5.91 Å². The Balaban J connectivity index is 1.51. The molecule has 2 fully saturated rings. The molecule has 0 N–H and O–H groups in total. The van der Waals surface area contributed by atoms with Gasteiger partial charge in [-0.25, -0.2) is 0 Å². The van der Waals surface area contributed by atoms with Crippen molar-refractivity contribution < 1.29 is 4.79 Å². The predicted molar refractivity (Wildman–Crippen MR) is 102 cm³/mol. The normalized spacial score (nSPS) is 28.4. The van der Waals surface area contributed by atoms with E-state index in [2.05, 4.69) is 39.4 Å². The summed E-state index contributed by atoms with van der Waals surface area (Å²) in [4.78, 5) is 14.9. The van der Waals surface area contributed by atoms with Gasteiger partial charge in [0.25, 0.3) is 0 Å². The second-order valence-electron chi connectivity index (χ2n) is 8.54. The van der Waals surface area contributed by atoms with Crippen LogP contribution in [-0.2, 0) is 4.79 Å². The molecule has 0 spiro atoms. The molecule has 0 aromatic heterocycles. The van der Waals surface area contributed by atoms with Crippen molar-refractivity contribution in [2.75, 3.05) is 6.54 Å². The van der Waals surface area contributed by atoms with Crippen molar-refractivity contribution >= 4 is 5.91 Å². The monoisotopic (exact) mass is 361 g/mol. The Morgan fingerprint density at radius 3 is 2.27 bits per heavy atom. The van der Waals surface area contributed by atoms with Crippen LogP contribution in [0.15, 0.2) is 20.7 Å². The van der Waals surface area contributed by atoms with E-state index in [9.17, 15) is 4.79 Å². The first-order chi connectivity index (χ1) is 12.6. The topological polar surface area (TPSA) is 69.8 Å². The van der Waals surface area contributed by atoms with Gasteiger partial charge in [-0.05, 0) is 74.7 Å². The van der Waals surface area contributed by atoms with Crippen LogP contribution in [0, 0.1) is 11.8 Å². The average Bonchev–Trinajstić information content (AvgIpc) is 3.15. The lowest BCUT2D eigenvalue weighted by Gasteiger charge is -2.36. The van der Waals surface area contributed by atoms with Crippen molar-refractivity contribution in [1.29, 1.82) is 0 Å². The van der Waals surface area contributed by atoms with Gasteiger partial charge in [0.05, 0.1) is 0 Å². The Kier molecular flexibility index (Phi) is 6.76. The molecule has 0 atom stereocenters. The molecular formula is C20H35N5O. The summed E-state index contributed by atoms with van der Waals surface area (Å²) in [6.45, 7) is 5.26. The zero-order valence-electron chi connectivity index (χ0n) is 16.6. The van der Waals surface area contributed by atoms with Crippen molar-refractivity contribution in [3.8, 4) is 0 Å². The zero-order chi connectivity index (χ0) is 18.4. The number of nitrogens with zero attached hydrogens (tertiary/aromatic N) is 5. The third-order valence-corrected chi connectivity index (χ3v) is 6.76. The van der Waals surface area contributed by atoms with Crippen molar-refractivity contribution in [3.63, 3.8) is 0 Å². The molecule has 0 saturated heterocycles. The van der Waals surface area contributed by atoms with Gasteiger partial charge in [-0.15, -0.1) is 10.2 Å². The zero-order valence-corrected chi connectivity index (χ0v) is 16.6. The summed E-state index contributed by atoms with van der Waals surface area (Å²) >= 11 is 0. The molecule has 3 aliphatic rings. The van der Waals surface area contributed by atoms with Crippen LogP contribution in [0.2, 0.25) is 0 Å². The summed E-state index contributed by atoms with van der Waals surface area (Å²) in [5.74, 6) is 1.56.